The largest absolute Gasteiger partial charge is 0.480 e. The first kappa shape index (κ1) is 7.54. The normalized spacial score (nSPS) is 34.6. The fourth-order valence-corrected chi connectivity index (χ4v) is 1.41. The molecular weight excluding hydrogens is 130 g/mol. The van der Waals surface area contributed by atoms with Gasteiger partial charge in [0.1, 0.15) is 6.04 Å². The summed E-state index contributed by atoms with van der Waals surface area (Å²) >= 11 is 0. The SMILES string of the molecule is CC1CC[C@@H](C(=O)O)N1C. The van der Waals surface area contributed by atoms with Crippen molar-refractivity contribution >= 4 is 5.97 Å². The summed E-state index contributed by atoms with van der Waals surface area (Å²) in [6.45, 7) is 2.06. The molecule has 1 aliphatic heterocycles. The van der Waals surface area contributed by atoms with Gasteiger partial charge >= 0.3 is 5.97 Å². The molecule has 1 rings (SSSR count). The smallest absolute Gasteiger partial charge is 0.320 e. The minimum Gasteiger partial charge on any atom is -0.480 e. The number of nitrogens with zero attached hydrogens (tertiary/aromatic N) is 1. The minimum atomic E-state index is -0.688. The summed E-state index contributed by atoms with van der Waals surface area (Å²) in [7, 11) is 1.87. The maximum atomic E-state index is 10.5. The van der Waals surface area contributed by atoms with Crippen molar-refractivity contribution in [3.05, 3.63) is 0 Å². The van der Waals surface area contributed by atoms with E-state index in [4.69, 9.17) is 5.11 Å². The quantitative estimate of drug-likeness (QED) is 0.583. The number of hydrogen-bond acceptors (Lipinski definition) is 2. The van der Waals surface area contributed by atoms with Crippen molar-refractivity contribution in [2.45, 2.75) is 31.8 Å². The van der Waals surface area contributed by atoms with Gasteiger partial charge in [0.05, 0.1) is 0 Å². The third kappa shape index (κ3) is 1.14. The summed E-state index contributed by atoms with van der Waals surface area (Å²) in [6.07, 6.45) is 1.81. The van der Waals surface area contributed by atoms with Crippen LogP contribution in [-0.2, 0) is 4.79 Å². The van der Waals surface area contributed by atoms with Crippen LogP contribution in [0.2, 0.25) is 0 Å². The first-order chi connectivity index (χ1) is 4.63. The van der Waals surface area contributed by atoms with Crippen LogP contribution in [0.15, 0.2) is 0 Å². The van der Waals surface area contributed by atoms with Crippen molar-refractivity contribution in [2.24, 2.45) is 0 Å². The maximum Gasteiger partial charge on any atom is 0.320 e. The summed E-state index contributed by atoms with van der Waals surface area (Å²) in [4.78, 5) is 12.4. The molecule has 1 unspecified atom stereocenters. The van der Waals surface area contributed by atoms with Gasteiger partial charge in [-0.3, -0.25) is 9.69 Å². The van der Waals surface area contributed by atoms with Gasteiger partial charge in [-0.05, 0) is 26.8 Å². The van der Waals surface area contributed by atoms with Crippen LogP contribution in [0, 0.1) is 0 Å². The van der Waals surface area contributed by atoms with E-state index in [2.05, 4.69) is 6.92 Å². The number of carboxylic acid groups (broad SMARTS) is 1. The van der Waals surface area contributed by atoms with E-state index >= 15 is 0 Å². The second-order valence-electron chi connectivity index (χ2n) is 2.95. The van der Waals surface area contributed by atoms with Crippen LogP contribution in [0.3, 0.4) is 0 Å². The average molecular weight is 143 g/mol. The van der Waals surface area contributed by atoms with Gasteiger partial charge in [0, 0.05) is 6.04 Å². The molecule has 0 aliphatic carbocycles. The van der Waals surface area contributed by atoms with Crippen LogP contribution in [0.5, 0.6) is 0 Å². The van der Waals surface area contributed by atoms with Crippen molar-refractivity contribution in [3.63, 3.8) is 0 Å². The highest BCUT2D eigenvalue weighted by Crippen LogP contribution is 2.21. The molecule has 3 nitrogen and oxygen atoms in total. The van der Waals surface area contributed by atoms with Crippen LogP contribution in [-0.4, -0.2) is 35.1 Å². The zero-order chi connectivity index (χ0) is 7.72. The van der Waals surface area contributed by atoms with Crippen molar-refractivity contribution in [1.82, 2.24) is 4.90 Å². The Labute approximate surface area is 60.6 Å². The van der Waals surface area contributed by atoms with Gasteiger partial charge in [-0.15, -0.1) is 0 Å². The van der Waals surface area contributed by atoms with Gasteiger partial charge in [-0.1, -0.05) is 0 Å². The van der Waals surface area contributed by atoms with Crippen LogP contribution in [0.4, 0.5) is 0 Å². The van der Waals surface area contributed by atoms with E-state index in [-0.39, 0.29) is 6.04 Å². The van der Waals surface area contributed by atoms with Crippen molar-refractivity contribution in [3.8, 4) is 0 Å². The van der Waals surface area contributed by atoms with E-state index < -0.39 is 5.97 Å². The van der Waals surface area contributed by atoms with Crippen molar-refractivity contribution in [2.75, 3.05) is 7.05 Å². The van der Waals surface area contributed by atoms with E-state index in [9.17, 15) is 4.79 Å². The Balaban J connectivity index is 2.57. The molecule has 0 aromatic carbocycles. The number of aliphatic carboxylic acids is 1. The molecule has 1 aliphatic rings. The maximum absolute atomic E-state index is 10.5. The molecule has 0 saturated carbocycles. The third-order valence-corrected chi connectivity index (χ3v) is 2.33. The number of likely N-dealkylation sites (N-methyl/N-ethyl adjacent to an activating group) is 1. The summed E-state index contributed by atoms with van der Waals surface area (Å²) in [5, 5.41) is 8.66. The lowest BCUT2D eigenvalue weighted by Gasteiger charge is -2.19. The summed E-state index contributed by atoms with van der Waals surface area (Å²) in [5.41, 5.74) is 0. The predicted molar refractivity (Wildman–Crippen MR) is 37.9 cm³/mol. The number of carbonyl (C=O) groups is 1. The lowest BCUT2D eigenvalue weighted by molar-refractivity contribution is -0.142. The van der Waals surface area contributed by atoms with Gasteiger partial charge in [0.25, 0.3) is 0 Å². The molecule has 1 N–H and O–H groups in total. The van der Waals surface area contributed by atoms with E-state index in [0.29, 0.717) is 6.04 Å². The Morgan fingerprint density at radius 2 is 2.20 bits per heavy atom. The van der Waals surface area contributed by atoms with Crippen molar-refractivity contribution < 1.29 is 9.90 Å². The Kier molecular flexibility index (Phi) is 1.94. The summed E-state index contributed by atoms with van der Waals surface area (Å²) in [6, 6.07) is 0.191. The topological polar surface area (TPSA) is 40.5 Å². The first-order valence-corrected chi connectivity index (χ1v) is 3.57. The lowest BCUT2D eigenvalue weighted by atomic mass is 10.2. The van der Waals surface area contributed by atoms with Gasteiger partial charge in [-0.2, -0.15) is 0 Å². The molecule has 1 fully saturated rings. The fourth-order valence-electron chi connectivity index (χ4n) is 1.41. The third-order valence-electron chi connectivity index (χ3n) is 2.33. The second kappa shape index (κ2) is 2.58. The molecule has 0 aromatic heterocycles. The van der Waals surface area contributed by atoms with E-state index in [1.54, 1.807) is 0 Å². The van der Waals surface area contributed by atoms with Crippen LogP contribution in [0.25, 0.3) is 0 Å². The monoisotopic (exact) mass is 143 g/mol. The highest BCUT2D eigenvalue weighted by atomic mass is 16.4. The van der Waals surface area contributed by atoms with Crippen LogP contribution < -0.4 is 0 Å². The highest BCUT2D eigenvalue weighted by Gasteiger charge is 2.32. The summed E-state index contributed by atoms with van der Waals surface area (Å²) < 4.78 is 0. The van der Waals surface area contributed by atoms with E-state index in [1.165, 1.54) is 0 Å². The molecule has 0 bridgehead atoms. The molecular formula is C7H13NO2. The van der Waals surface area contributed by atoms with Gasteiger partial charge < -0.3 is 5.11 Å². The predicted octanol–water partition coefficient (Wildman–Crippen LogP) is 0.554. The minimum absolute atomic E-state index is 0.241. The van der Waals surface area contributed by atoms with Crippen LogP contribution in [0.1, 0.15) is 19.8 Å². The molecule has 1 heterocycles. The molecule has 2 atom stereocenters. The molecule has 0 amide bonds. The molecule has 0 spiro atoms. The number of likely N-dealkylation sites (tertiary alicyclic amines) is 1. The molecule has 0 aromatic rings. The Morgan fingerprint density at radius 1 is 1.60 bits per heavy atom. The second-order valence-corrected chi connectivity index (χ2v) is 2.95. The zero-order valence-electron chi connectivity index (χ0n) is 6.37. The lowest BCUT2D eigenvalue weighted by Crippen LogP contribution is -2.36. The first-order valence-electron chi connectivity index (χ1n) is 3.57. The van der Waals surface area contributed by atoms with Gasteiger partial charge in [0.15, 0.2) is 0 Å². The molecule has 0 radical (unpaired) electrons. The fraction of sp³-hybridized carbons (Fsp3) is 0.857. The number of hydrogen-bond donors (Lipinski definition) is 1. The summed E-state index contributed by atoms with van der Waals surface area (Å²) in [5.74, 6) is -0.688. The molecule has 1 saturated heterocycles. The zero-order valence-corrected chi connectivity index (χ0v) is 6.37. The Hall–Kier alpha value is -0.570. The molecule has 10 heavy (non-hydrogen) atoms. The highest BCUT2D eigenvalue weighted by molar-refractivity contribution is 5.73. The molecule has 58 valence electrons. The Morgan fingerprint density at radius 3 is 2.40 bits per heavy atom. The standard InChI is InChI=1S/C7H13NO2/c1-5-3-4-6(7(9)10)8(5)2/h5-6H,3-4H2,1-2H3,(H,9,10)/t5?,6-/m0/s1. The molecule has 3 heteroatoms. The van der Waals surface area contributed by atoms with Crippen molar-refractivity contribution in [1.29, 1.82) is 0 Å². The number of carboxylic acids is 1. The van der Waals surface area contributed by atoms with Gasteiger partial charge in [0.2, 0.25) is 0 Å². The Bertz CT molecular complexity index is 147. The van der Waals surface area contributed by atoms with Gasteiger partial charge in [-0.25, -0.2) is 0 Å². The number of rotatable bonds is 1. The van der Waals surface area contributed by atoms with Crippen LogP contribution >= 0.6 is 0 Å². The van der Waals surface area contributed by atoms with E-state index in [0.717, 1.165) is 12.8 Å². The van der Waals surface area contributed by atoms with E-state index in [1.807, 2.05) is 11.9 Å². The average Bonchev–Trinajstić information content (AvgIpc) is 2.14.